The topological polar surface area (TPSA) is 79.4 Å². The Morgan fingerprint density at radius 3 is 2.76 bits per heavy atom. The first-order chi connectivity index (χ1) is 11.8. The fourth-order valence-corrected chi connectivity index (χ4v) is 2.80. The number of hydrogen-bond donors (Lipinski definition) is 0. The first kappa shape index (κ1) is 17.5. The lowest BCUT2D eigenvalue weighted by Crippen LogP contribution is -2.32. The van der Waals surface area contributed by atoms with Gasteiger partial charge in [-0.15, -0.1) is 0 Å². The Bertz CT molecular complexity index is 764. The van der Waals surface area contributed by atoms with E-state index in [0.29, 0.717) is 12.1 Å². The molecule has 0 N–H and O–H groups in total. The van der Waals surface area contributed by atoms with E-state index in [1.54, 1.807) is 12.1 Å². The summed E-state index contributed by atoms with van der Waals surface area (Å²) in [5.74, 6) is -0.298. The summed E-state index contributed by atoms with van der Waals surface area (Å²) in [4.78, 5) is 13.9. The van der Waals surface area contributed by atoms with Crippen LogP contribution in [-0.2, 0) is 17.9 Å². The molecule has 2 heterocycles. The number of fused-ring (bicyclic) bond motifs is 1. The van der Waals surface area contributed by atoms with E-state index in [1.807, 2.05) is 0 Å². The van der Waals surface area contributed by atoms with Gasteiger partial charge in [-0.1, -0.05) is 12.1 Å². The third kappa shape index (κ3) is 4.63. The van der Waals surface area contributed by atoms with E-state index in [1.165, 1.54) is 22.9 Å². The van der Waals surface area contributed by atoms with Crippen molar-refractivity contribution in [3.8, 4) is 6.01 Å². The SMILES string of the molecule is O=[N+]([O-])c1cn2c(n1)OC[C@@H](OCc1ccc(SC(F)(F)F)cc1)C2. The van der Waals surface area contributed by atoms with E-state index in [9.17, 15) is 23.3 Å². The predicted octanol–water partition coefficient (Wildman–Crippen LogP) is 3.38. The van der Waals surface area contributed by atoms with Gasteiger partial charge < -0.3 is 19.6 Å². The normalized spacial score (nSPS) is 17.0. The molecule has 0 saturated carbocycles. The van der Waals surface area contributed by atoms with Gasteiger partial charge in [-0.2, -0.15) is 13.2 Å². The minimum atomic E-state index is -4.32. The highest BCUT2D eigenvalue weighted by Gasteiger charge is 2.29. The Balaban J connectivity index is 1.54. The van der Waals surface area contributed by atoms with Crippen LogP contribution in [0.15, 0.2) is 35.4 Å². The Morgan fingerprint density at radius 1 is 1.40 bits per heavy atom. The molecule has 2 aromatic rings. The molecular formula is C14H12F3N3O4S. The van der Waals surface area contributed by atoms with Crippen LogP contribution >= 0.6 is 11.8 Å². The van der Waals surface area contributed by atoms with E-state index in [2.05, 4.69) is 4.98 Å². The van der Waals surface area contributed by atoms with Gasteiger partial charge in [0.15, 0.2) is 0 Å². The standard InChI is InChI=1S/C14H12F3N3O4S/c15-14(16,17)25-11-3-1-9(2-4-11)7-23-10-5-19-6-12(20(21)22)18-13(19)24-8-10/h1-4,6,10H,5,7-8H2/t10-/m0/s1. The van der Waals surface area contributed by atoms with Crippen molar-refractivity contribution in [2.75, 3.05) is 6.61 Å². The summed E-state index contributed by atoms with van der Waals surface area (Å²) in [6, 6.07) is 6.05. The molecule has 11 heteroatoms. The molecule has 1 aliphatic rings. The molecule has 0 bridgehead atoms. The zero-order chi connectivity index (χ0) is 18.0. The average Bonchev–Trinajstić information content (AvgIpc) is 2.96. The maximum Gasteiger partial charge on any atom is 0.446 e. The van der Waals surface area contributed by atoms with Crippen molar-refractivity contribution in [2.45, 2.75) is 29.7 Å². The summed E-state index contributed by atoms with van der Waals surface area (Å²) >= 11 is -0.174. The smallest absolute Gasteiger partial charge is 0.443 e. The lowest BCUT2D eigenvalue weighted by molar-refractivity contribution is -0.389. The summed E-state index contributed by atoms with van der Waals surface area (Å²) < 4.78 is 49.3. The molecule has 0 fully saturated rings. The molecule has 0 radical (unpaired) electrons. The number of nitro groups is 1. The van der Waals surface area contributed by atoms with Gasteiger partial charge in [-0.3, -0.25) is 4.57 Å². The Morgan fingerprint density at radius 2 is 2.12 bits per heavy atom. The van der Waals surface area contributed by atoms with E-state index in [4.69, 9.17) is 9.47 Å². The van der Waals surface area contributed by atoms with Gasteiger partial charge in [-0.25, -0.2) is 0 Å². The lowest BCUT2D eigenvalue weighted by atomic mass is 10.2. The quantitative estimate of drug-likeness (QED) is 0.453. The number of rotatable bonds is 5. The molecular weight excluding hydrogens is 363 g/mol. The van der Waals surface area contributed by atoms with Gasteiger partial charge in [0.25, 0.3) is 0 Å². The molecule has 0 amide bonds. The summed E-state index contributed by atoms with van der Waals surface area (Å²) in [7, 11) is 0. The maximum absolute atomic E-state index is 12.3. The largest absolute Gasteiger partial charge is 0.446 e. The van der Waals surface area contributed by atoms with Crippen molar-refractivity contribution >= 4 is 17.6 Å². The monoisotopic (exact) mass is 375 g/mol. The van der Waals surface area contributed by atoms with Gasteiger partial charge in [0.1, 0.15) is 18.9 Å². The summed E-state index contributed by atoms with van der Waals surface area (Å²) in [6.07, 6.45) is 0.930. The first-order valence-electron chi connectivity index (χ1n) is 7.11. The minimum absolute atomic E-state index is 0.104. The number of halogens is 3. The molecule has 0 aliphatic carbocycles. The fourth-order valence-electron chi connectivity index (χ4n) is 2.26. The molecule has 25 heavy (non-hydrogen) atoms. The highest BCUT2D eigenvalue weighted by Crippen LogP contribution is 2.36. The second-order valence-electron chi connectivity index (χ2n) is 5.23. The number of ether oxygens (including phenoxy) is 2. The van der Waals surface area contributed by atoms with E-state index in [-0.39, 0.29) is 47.8 Å². The Hall–Kier alpha value is -2.27. The van der Waals surface area contributed by atoms with Gasteiger partial charge in [0.2, 0.25) is 0 Å². The molecule has 1 aromatic heterocycles. The Kier molecular flexibility index (Phi) is 4.86. The minimum Gasteiger partial charge on any atom is -0.443 e. The van der Waals surface area contributed by atoms with Crippen molar-refractivity contribution in [3.05, 3.63) is 46.1 Å². The maximum atomic E-state index is 12.3. The summed E-state index contributed by atoms with van der Waals surface area (Å²) in [6.45, 7) is 0.728. The second-order valence-corrected chi connectivity index (χ2v) is 6.37. The van der Waals surface area contributed by atoms with Crippen molar-refractivity contribution in [1.29, 1.82) is 0 Å². The van der Waals surface area contributed by atoms with Crippen LogP contribution in [0.4, 0.5) is 19.0 Å². The van der Waals surface area contributed by atoms with Crippen LogP contribution in [-0.4, -0.2) is 32.7 Å². The van der Waals surface area contributed by atoms with Crippen LogP contribution in [0.25, 0.3) is 0 Å². The zero-order valence-electron chi connectivity index (χ0n) is 12.6. The van der Waals surface area contributed by atoms with E-state index < -0.39 is 10.4 Å². The third-order valence-corrected chi connectivity index (χ3v) is 4.09. The van der Waals surface area contributed by atoms with Crippen LogP contribution in [0.1, 0.15) is 5.56 Å². The Labute approximate surface area is 143 Å². The fraction of sp³-hybridized carbons (Fsp3) is 0.357. The highest BCUT2D eigenvalue weighted by atomic mass is 32.2. The average molecular weight is 375 g/mol. The number of imidazole rings is 1. The number of alkyl halides is 3. The number of hydrogen-bond acceptors (Lipinski definition) is 6. The summed E-state index contributed by atoms with van der Waals surface area (Å²) in [5, 5.41) is 10.7. The van der Waals surface area contributed by atoms with Crippen LogP contribution in [0, 0.1) is 10.1 Å². The number of nitrogens with zero attached hydrogens (tertiary/aromatic N) is 3. The summed E-state index contributed by atoms with van der Waals surface area (Å²) in [5.41, 5.74) is -3.60. The van der Waals surface area contributed by atoms with Crippen LogP contribution in [0.3, 0.4) is 0 Å². The van der Waals surface area contributed by atoms with Gasteiger partial charge in [-0.05, 0) is 34.4 Å². The molecule has 0 unspecified atom stereocenters. The highest BCUT2D eigenvalue weighted by molar-refractivity contribution is 8.00. The second kappa shape index (κ2) is 6.92. The van der Waals surface area contributed by atoms with Crippen molar-refractivity contribution in [1.82, 2.24) is 9.55 Å². The van der Waals surface area contributed by atoms with Crippen molar-refractivity contribution in [2.24, 2.45) is 0 Å². The zero-order valence-corrected chi connectivity index (χ0v) is 13.4. The van der Waals surface area contributed by atoms with Crippen molar-refractivity contribution in [3.63, 3.8) is 0 Å². The number of thioether (sulfide) groups is 1. The van der Waals surface area contributed by atoms with Crippen LogP contribution < -0.4 is 4.74 Å². The van der Waals surface area contributed by atoms with E-state index in [0.717, 1.165) is 0 Å². The van der Waals surface area contributed by atoms with Gasteiger partial charge >= 0.3 is 17.3 Å². The van der Waals surface area contributed by atoms with Crippen LogP contribution in [0.2, 0.25) is 0 Å². The molecule has 1 aromatic carbocycles. The number of aromatic nitrogens is 2. The first-order valence-corrected chi connectivity index (χ1v) is 7.92. The van der Waals surface area contributed by atoms with Crippen molar-refractivity contribution < 1.29 is 27.6 Å². The number of benzene rings is 1. The molecule has 1 atom stereocenters. The van der Waals surface area contributed by atoms with E-state index >= 15 is 0 Å². The molecule has 3 rings (SSSR count). The molecule has 7 nitrogen and oxygen atoms in total. The van der Waals surface area contributed by atoms with Gasteiger partial charge in [0.05, 0.1) is 13.2 Å². The lowest BCUT2D eigenvalue weighted by Gasteiger charge is -2.22. The third-order valence-electron chi connectivity index (χ3n) is 3.36. The van der Waals surface area contributed by atoms with Gasteiger partial charge in [0, 0.05) is 9.88 Å². The van der Waals surface area contributed by atoms with Crippen LogP contribution in [0.5, 0.6) is 6.01 Å². The molecule has 0 saturated heterocycles. The predicted molar refractivity (Wildman–Crippen MR) is 81.3 cm³/mol. The molecule has 134 valence electrons. The molecule has 0 spiro atoms. The molecule has 1 aliphatic heterocycles.